The van der Waals surface area contributed by atoms with E-state index in [0.29, 0.717) is 11.1 Å². The molecule has 0 radical (unpaired) electrons. The molecule has 82 valence electrons. The van der Waals surface area contributed by atoms with Gasteiger partial charge in [0.2, 0.25) is 5.75 Å². The van der Waals surface area contributed by atoms with Crippen LogP contribution in [0.15, 0.2) is 36.4 Å². The Morgan fingerprint density at radius 3 is 2.12 bits per heavy atom. The maximum Gasteiger partial charge on any atom is 0.200 e. The van der Waals surface area contributed by atoms with Gasteiger partial charge in [-0.2, -0.15) is 0 Å². The minimum atomic E-state index is -0.475. The zero-order valence-electron chi connectivity index (χ0n) is 8.81. The first-order chi connectivity index (χ1) is 7.61. The summed E-state index contributed by atoms with van der Waals surface area (Å²) in [4.78, 5) is 0. The van der Waals surface area contributed by atoms with E-state index in [9.17, 15) is 15.3 Å². The third kappa shape index (κ3) is 1.56. The van der Waals surface area contributed by atoms with Gasteiger partial charge in [-0.3, -0.25) is 0 Å². The molecule has 3 heteroatoms. The molecule has 16 heavy (non-hydrogen) atoms. The summed E-state index contributed by atoms with van der Waals surface area (Å²) >= 11 is 0. The van der Waals surface area contributed by atoms with E-state index in [2.05, 4.69) is 0 Å². The van der Waals surface area contributed by atoms with Gasteiger partial charge in [0.1, 0.15) is 0 Å². The van der Waals surface area contributed by atoms with E-state index in [0.717, 1.165) is 5.56 Å². The first-order valence-electron chi connectivity index (χ1n) is 4.91. The van der Waals surface area contributed by atoms with Gasteiger partial charge < -0.3 is 15.3 Å². The standard InChI is InChI=1S/C13H12O3/c1-8-10(9-5-3-2-4-6-9)7-11(14)13(16)12(8)15/h2-7,14-16H,1H3. The summed E-state index contributed by atoms with van der Waals surface area (Å²) in [5.74, 6) is -1.07. The predicted octanol–water partition coefficient (Wildman–Crippen LogP) is 2.78. The molecule has 3 N–H and O–H groups in total. The van der Waals surface area contributed by atoms with Crippen LogP contribution < -0.4 is 0 Å². The van der Waals surface area contributed by atoms with Crippen molar-refractivity contribution in [2.75, 3.05) is 0 Å². The number of hydrogen-bond acceptors (Lipinski definition) is 3. The van der Waals surface area contributed by atoms with Gasteiger partial charge in [-0.05, 0) is 24.1 Å². The number of hydrogen-bond donors (Lipinski definition) is 3. The molecule has 0 bridgehead atoms. The van der Waals surface area contributed by atoms with Crippen LogP contribution in [0.2, 0.25) is 0 Å². The normalized spacial score (nSPS) is 10.3. The van der Waals surface area contributed by atoms with Crippen LogP contribution in [0, 0.1) is 6.92 Å². The molecule has 0 fully saturated rings. The van der Waals surface area contributed by atoms with Crippen LogP contribution in [-0.2, 0) is 0 Å². The van der Waals surface area contributed by atoms with Gasteiger partial charge >= 0.3 is 0 Å². The summed E-state index contributed by atoms with van der Waals surface area (Å²) in [6.07, 6.45) is 0. The van der Waals surface area contributed by atoms with Gasteiger partial charge in [-0.25, -0.2) is 0 Å². The van der Waals surface area contributed by atoms with Crippen molar-refractivity contribution in [3.63, 3.8) is 0 Å². The maximum atomic E-state index is 9.62. The van der Waals surface area contributed by atoms with Crippen LogP contribution in [-0.4, -0.2) is 15.3 Å². The van der Waals surface area contributed by atoms with Crippen molar-refractivity contribution in [1.82, 2.24) is 0 Å². The summed E-state index contributed by atoms with van der Waals surface area (Å²) in [5.41, 5.74) is 2.13. The second-order valence-corrected chi connectivity index (χ2v) is 3.63. The van der Waals surface area contributed by atoms with E-state index in [-0.39, 0.29) is 11.5 Å². The molecular weight excluding hydrogens is 204 g/mol. The van der Waals surface area contributed by atoms with E-state index in [1.54, 1.807) is 6.92 Å². The van der Waals surface area contributed by atoms with Crippen LogP contribution in [0.3, 0.4) is 0 Å². The Morgan fingerprint density at radius 1 is 0.875 bits per heavy atom. The molecule has 0 amide bonds. The highest BCUT2D eigenvalue weighted by Gasteiger charge is 2.14. The van der Waals surface area contributed by atoms with Crippen molar-refractivity contribution in [1.29, 1.82) is 0 Å². The van der Waals surface area contributed by atoms with Crippen molar-refractivity contribution in [2.45, 2.75) is 6.92 Å². The molecule has 2 rings (SSSR count). The highest BCUT2D eigenvalue weighted by molar-refractivity contribution is 5.74. The maximum absolute atomic E-state index is 9.62. The second-order valence-electron chi connectivity index (χ2n) is 3.63. The molecule has 0 aromatic heterocycles. The quantitative estimate of drug-likeness (QED) is 0.642. The highest BCUT2D eigenvalue weighted by atomic mass is 16.3. The Kier molecular flexibility index (Phi) is 2.44. The second kappa shape index (κ2) is 3.77. The fraction of sp³-hybridized carbons (Fsp3) is 0.0769. The zero-order chi connectivity index (χ0) is 11.7. The molecule has 0 saturated carbocycles. The molecule has 2 aromatic rings. The summed E-state index contributed by atoms with van der Waals surface area (Å²) in [6.45, 7) is 1.69. The Balaban J connectivity index is 2.68. The highest BCUT2D eigenvalue weighted by Crippen LogP contribution is 2.42. The van der Waals surface area contributed by atoms with Crippen molar-refractivity contribution >= 4 is 0 Å². The molecule has 0 heterocycles. The summed E-state index contributed by atoms with van der Waals surface area (Å²) < 4.78 is 0. The zero-order valence-corrected chi connectivity index (χ0v) is 8.81. The lowest BCUT2D eigenvalue weighted by atomic mass is 9.99. The third-order valence-electron chi connectivity index (χ3n) is 2.59. The Morgan fingerprint density at radius 2 is 1.50 bits per heavy atom. The Labute approximate surface area is 93.2 Å². The number of phenolic OH excluding ortho intramolecular Hbond substituents is 3. The fourth-order valence-electron chi connectivity index (χ4n) is 1.66. The SMILES string of the molecule is Cc1c(-c2ccccc2)cc(O)c(O)c1O. The molecule has 0 atom stereocenters. The van der Waals surface area contributed by atoms with Crippen molar-refractivity contribution in [3.05, 3.63) is 42.0 Å². The predicted molar refractivity (Wildman–Crippen MR) is 61.6 cm³/mol. The average molecular weight is 216 g/mol. The first-order valence-corrected chi connectivity index (χ1v) is 4.91. The van der Waals surface area contributed by atoms with Gasteiger partial charge in [0.25, 0.3) is 0 Å². The van der Waals surface area contributed by atoms with E-state index < -0.39 is 5.75 Å². The number of phenols is 3. The number of benzene rings is 2. The molecule has 0 aliphatic rings. The molecule has 0 unspecified atom stereocenters. The van der Waals surface area contributed by atoms with Gasteiger partial charge in [-0.15, -0.1) is 0 Å². The van der Waals surface area contributed by atoms with E-state index in [1.165, 1.54) is 6.07 Å². The van der Waals surface area contributed by atoms with Crippen molar-refractivity contribution < 1.29 is 15.3 Å². The lowest BCUT2D eigenvalue weighted by Gasteiger charge is -2.10. The summed E-state index contributed by atoms with van der Waals surface area (Å²) in [7, 11) is 0. The number of aromatic hydroxyl groups is 3. The molecule has 3 nitrogen and oxygen atoms in total. The van der Waals surface area contributed by atoms with Gasteiger partial charge in [0.05, 0.1) is 0 Å². The van der Waals surface area contributed by atoms with Crippen LogP contribution in [0.4, 0.5) is 0 Å². The van der Waals surface area contributed by atoms with Crippen molar-refractivity contribution in [2.24, 2.45) is 0 Å². The number of rotatable bonds is 1. The Hall–Kier alpha value is -2.16. The average Bonchev–Trinajstić information content (AvgIpc) is 2.32. The smallest absolute Gasteiger partial charge is 0.200 e. The molecular formula is C13H12O3. The first kappa shape index (κ1) is 10.4. The van der Waals surface area contributed by atoms with Crippen LogP contribution in [0.1, 0.15) is 5.56 Å². The monoisotopic (exact) mass is 216 g/mol. The molecule has 0 aliphatic carbocycles. The Bertz CT molecular complexity index is 518. The summed E-state index contributed by atoms with van der Waals surface area (Å²) in [5, 5.41) is 28.4. The van der Waals surface area contributed by atoms with E-state index >= 15 is 0 Å². The lowest BCUT2D eigenvalue weighted by Crippen LogP contribution is -1.85. The topological polar surface area (TPSA) is 60.7 Å². The van der Waals surface area contributed by atoms with Gasteiger partial charge in [0, 0.05) is 5.56 Å². The lowest BCUT2D eigenvalue weighted by molar-refractivity contribution is 0.366. The third-order valence-corrected chi connectivity index (χ3v) is 2.59. The van der Waals surface area contributed by atoms with E-state index in [4.69, 9.17) is 0 Å². The van der Waals surface area contributed by atoms with E-state index in [1.807, 2.05) is 30.3 Å². The van der Waals surface area contributed by atoms with Crippen LogP contribution in [0.5, 0.6) is 17.2 Å². The van der Waals surface area contributed by atoms with Crippen LogP contribution >= 0.6 is 0 Å². The largest absolute Gasteiger partial charge is 0.504 e. The molecule has 0 spiro atoms. The fourth-order valence-corrected chi connectivity index (χ4v) is 1.66. The summed E-state index contributed by atoms with van der Waals surface area (Å²) in [6, 6.07) is 10.8. The van der Waals surface area contributed by atoms with Gasteiger partial charge in [0.15, 0.2) is 11.5 Å². The van der Waals surface area contributed by atoms with Gasteiger partial charge in [-0.1, -0.05) is 30.3 Å². The molecule has 0 saturated heterocycles. The van der Waals surface area contributed by atoms with Crippen LogP contribution in [0.25, 0.3) is 11.1 Å². The minimum absolute atomic E-state index is 0.279. The minimum Gasteiger partial charge on any atom is -0.504 e. The van der Waals surface area contributed by atoms with Crippen molar-refractivity contribution in [3.8, 4) is 28.4 Å². The molecule has 0 aliphatic heterocycles. The molecule has 2 aromatic carbocycles.